The summed E-state index contributed by atoms with van der Waals surface area (Å²) in [5.41, 5.74) is 6.82. The summed E-state index contributed by atoms with van der Waals surface area (Å²) in [6.45, 7) is 0.725. The van der Waals surface area contributed by atoms with E-state index in [1.54, 1.807) is 11.3 Å². The molecule has 0 atom stereocenters. The Bertz CT molecular complexity index is 1030. The second kappa shape index (κ2) is 6.14. The van der Waals surface area contributed by atoms with Crippen LogP contribution in [0.3, 0.4) is 0 Å². The van der Waals surface area contributed by atoms with Crippen molar-refractivity contribution in [1.29, 1.82) is 0 Å². The Morgan fingerprint density at radius 3 is 2.68 bits per heavy atom. The summed E-state index contributed by atoms with van der Waals surface area (Å²) >= 11 is 3.53. The van der Waals surface area contributed by atoms with Crippen LogP contribution >= 0.6 is 22.7 Å². The van der Waals surface area contributed by atoms with E-state index in [1.165, 1.54) is 31.3 Å². The lowest BCUT2D eigenvalue weighted by molar-refractivity contribution is 0.326. The minimum absolute atomic E-state index is 0.725. The van der Waals surface area contributed by atoms with Gasteiger partial charge in [-0.15, -0.1) is 22.7 Å². The number of benzene rings is 2. The fourth-order valence-corrected chi connectivity index (χ4v) is 5.34. The van der Waals surface area contributed by atoms with Gasteiger partial charge in [-0.05, 0) is 29.3 Å². The molecule has 0 saturated heterocycles. The van der Waals surface area contributed by atoms with Crippen molar-refractivity contribution in [3.8, 4) is 37.2 Å². The van der Waals surface area contributed by atoms with Gasteiger partial charge in [0.15, 0.2) is 0 Å². The third-order valence-corrected chi connectivity index (χ3v) is 6.50. The number of thiophene rings is 1. The number of para-hydroxylation sites is 1. The summed E-state index contributed by atoms with van der Waals surface area (Å²) in [5, 5.41) is 0. The molecule has 0 N–H and O–H groups in total. The summed E-state index contributed by atoms with van der Waals surface area (Å²) in [6, 6.07) is 21.1. The molecule has 1 aliphatic heterocycles. The van der Waals surface area contributed by atoms with Crippen LogP contribution in [0.1, 0.15) is 5.56 Å². The first kappa shape index (κ1) is 14.9. The van der Waals surface area contributed by atoms with E-state index in [-0.39, 0.29) is 0 Å². The molecular weight excluding hydrogens is 346 g/mol. The number of hydrogen-bond acceptors (Lipinski definition) is 4. The van der Waals surface area contributed by atoms with Gasteiger partial charge in [-0.3, -0.25) is 0 Å². The average molecular weight is 361 g/mol. The smallest absolute Gasteiger partial charge is 0.127 e. The molecule has 2 aromatic carbocycles. The molecular formula is C21H15NOS2. The minimum Gasteiger partial charge on any atom is -0.493 e. The van der Waals surface area contributed by atoms with Crippen molar-refractivity contribution < 1.29 is 4.74 Å². The van der Waals surface area contributed by atoms with Gasteiger partial charge in [0, 0.05) is 16.9 Å². The van der Waals surface area contributed by atoms with Crippen molar-refractivity contribution in [2.24, 2.45) is 0 Å². The number of fused-ring (bicyclic) bond motifs is 3. The first-order chi connectivity index (χ1) is 12.4. The molecule has 2 aromatic heterocycles. The van der Waals surface area contributed by atoms with Crippen LogP contribution in [0.4, 0.5) is 0 Å². The SMILES string of the molecule is c1ccc(-c2scnc2-c2cc3c(s2)-c2ccccc2OCC3)cc1. The fraction of sp³-hybridized carbons (Fsp3) is 0.0952. The molecule has 5 rings (SSSR count). The summed E-state index contributed by atoms with van der Waals surface area (Å²) in [5.74, 6) is 0.983. The van der Waals surface area contributed by atoms with Gasteiger partial charge in [-0.1, -0.05) is 42.5 Å². The maximum absolute atomic E-state index is 5.91. The number of nitrogens with zero attached hydrogens (tertiary/aromatic N) is 1. The highest BCUT2D eigenvalue weighted by molar-refractivity contribution is 7.20. The standard InChI is InChI=1S/C21H15NOS2/c1-2-6-14(7-3-1)21-19(22-13-24-21)18-12-15-10-11-23-17-9-5-4-8-16(17)20(15)25-18/h1-9,12-13H,10-11H2. The highest BCUT2D eigenvalue weighted by Gasteiger charge is 2.21. The lowest BCUT2D eigenvalue weighted by Gasteiger charge is -2.06. The Labute approximate surface area is 154 Å². The molecule has 0 unspecified atom stereocenters. The molecule has 0 bridgehead atoms. The lowest BCUT2D eigenvalue weighted by atomic mass is 10.1. The first-order valence-electron chi connectivity index (χ1n) is 8.24. The van der Waals surface area contributed by atoms with Crippen LogP contribution < -0.4 is 4.74 Å². The lowest BCUT2D eigenvalue weighted by Crippen LogP contribution is -1.97. The Balaban J connectivity index is 1.65. The third kappa shape index (κ3) is 2.58. The number of hydrogen-bond donors (Lipinski definition) is 0. The van der Waals surface area contributed by atoms with E-state index in [0.29, 0.717) is 0 Å². The van der Waals surface area contributed by atoms with Crippen LogP contribution in [0.15, 0.2) is 66.2 Å². The van der Waals surface area contributed by atoms with Crippen molar-refractivity contribution >= 4 is 22.7 Å². The number of rotatable bonds is 2. The second-order valence-electron chi connectivity index (χ2n) is 5.96. The highest BCUT2D eigenvalue weighted by Crippen LogP contribution is 2.45. The molecule has 4 aromatic rings. The molecule has 1 aliphatic rings. The Hall–Kier alpha value is -2.43. The average Bonchev–Trinajstić information content (AvgIpc) is 3.27. The molecule has 2 nitrogen and oxygen atoms in total. The summed E-state index contributed by atoms with van der Waals surface area (Å²) < 4.78 is 5.91. The molecule has 3 heterocycles. The normalized spacial score (nSPS) is 12.8. The largest absolute Gasteiger partial charge is 0.493 e. The first-order valence-corrected chi connectivity index (χ1v) is 9.94. The van der Waals surface area contributed by atoms with Gasteiger partial charge >= 0.3 is 0 Å². The van der Waals surface area contributed by atoms with Gasteiger partial charge in [0.2, 0.25) is 0 Å². The Morgan fingerprint density at radius 1 is 0.920 bits per heavy atom. The van der Waals surface area contributed by atoms with E-state index in [2.05, 4.69) is 59.6 Å². The predicted octanol–water partition coefficient (Wildman–Crippen LogP) is 6.14. The van der Waals surface area contributed by atoms with Crippen molar-refractivity contribution in [2.45, 2.75) is 6.42 Å². The van der Waals surface area contributed by atoms with E-state index in [9.17, 15) is 0 Å². The van der Waals surface area contributed by atoms with Gasteiger partial charge in [-0.25, -0.2) is 4.98 Å². The van der Waals surface area contributed by atoms with Gasteiger partial charge in [0.1, 0.15) is 5.75 Å². The Morgan fingerprint density at radius 2 is 1.76 bits per heavy atom. The molecule has 0 radical (unpaired) electrons. The molecule has 0 spiro atoms. The zero-order chi connectivity index (χ0) is 16.6. The molecule has 4 heteroatoms. The van der Waals surface area contributed by atoms with Gasteiger partial charge < -0.3 is 4.74 Å². The third-order valence-electron chi connectivity index (χ3n) is 4.41. The van der Waals surface area contributed by atoms with Crippen LogP contribution in [0.2, 0.25) is 0 Å². The summed E-state index contributed by atoms with van der Waals surface area (Å²) in [4.78, 5) is 8.47. The zero-order valence-corrected chi connectivity index (χ0v) is 15.1. The fourth-order valence-electron chi connectivity index (χ4n) is 3.23. The van der Waals surface area contributed by atoms with Crippen LogP contribution in [0, 0.1) is 0 Å². The molecule has 122 valence electrons. The molecule has 0 fully saturated rings. The van der Waals surface area contributed by atoms with Crippen molar-refractivity contribution in [1.82, 2.24) is 4.98 Å². The van der Waals surface area contributed by atoms with Crippen LogP contribution in [0.5, 0.6) is 5.75 Å². The zero-order valence-electron chi connectivity index (χ0n) is 13.4. The minimum atomic E-state index is 0.725. The topological polar surface area (TPSA) is 22.1 Å². The van der Waals surface area contributed by atoms with E-state index in [1.807, 2.05) is 22.9 Å². The monoisotopic (exact) mass is 361 g/mol. The van der Waals surface area contributed by atoms with E-state index in [4.69, 9.17) is 4.74 Å². The van der Waals surface area contributed by atoms with E-state index >= 15 is 0 Å². The number of thiazole rings is 1. The van der Waals surface area contributed by atoms with Gasteiger partial charge in [-0.2, -0.15) is 0 Å². The quantitative estimate of drug-likeness (QED) is 0.428. The molecule has 0 saturated carbocycles. The second-order valence-corrected chi connectivity index (χ2v) is 7.86. The predicted molar refractivity (Wildman–Crippen MR) is 105 cm³/mol. The maximum atomic E-state index is 5.91. The van der Waals surface area contributed by atoms with Crippen LogP contribution in [0.25, 0.3) is 31.5 Å². The summed E-state index contributed by atoms with van der Waals surface area (Å²) in [7, 11) is 0. The Kier molecular flexibility index (Phi) is 3.65. The van der Waals surface area contributed by atoms with Crippen molar-refractivity contribution in [3.05, 3.63) is 71.7 Å². The van der Waals surface area contributed by atoms with Crippen molar-refractivity contribution in [3.63, 3.8) is 0 Å². The van der Waals surface area contributed by atoms with E-state index < -0.39 is 0 Å². The van der Waals surface area contributed by atoms with Gasteiger partial charge in [0.25, 0.3) is 0 Å². The molecule has 0 aliphatic carbocycles. The summed E-state index contributed by atoms with van der Waals surface area (Å²) in [6.07, 6.45) is 0.936. The van der Waals surface area contributed by atoms with Crippen LogP contribution in [-0.2, 0) is 6.42 Å². The van der Waals surface area contributed by atoms with Crippen LogP contribution in [-0.4, -0.2) is 11.6 Å². The van der Waals surface area contributed by atoms with E-state index in [0.717, 1.165) is 24.5 Å². The highest BCUT2D eigenvalue weighted by atomic mass is 32.1. The maximum Gasteiger partial charge on any atom is 0.127 e. The van der Waals surface area contributed by atoms with Crippen molar-refractivity contribution in [2.75, 3.05) is 6.61 Å². The number of ether oxygens (including phenoxy) is 1. The molecule has 0 amide bonds. The number of aromatic nitrogens is 1. The molecule has 25 heavy (non-hydrogen) atoms. The van der Waals surface area contributed by atoms with Gasteiger partial charge in [0.05, 0.1) is 27.6 Å².